The maximum Gasteiger partial charge on any atom is 0.488 e. The van der Waals surface area contributed by atoms with Crippen molar-refractivity contribution in [3.8, 4) is 11.1 Å². The largest absolute Gasteiger partial charge is 0.488 e. The maximum absolute atomic E-state index is 9.44. The molecule has 4 heteroatoms. The third-order valence-corrected chi connectivity index (χ3v) is 4.25. The zero-order valence-electron chi connectivity index (χ0n) is 11.9. The van der Waals surface area contributed by atoms with Crippen molar-refractivity contribution in [3.63, 3.8) is 0 Å². The monoisotopic (exact) mass is 288 g/mol. The standard InChI is InChI=1S/C18H15BNO2/c21-19(22)13-8-9-16-17(12-13)14-6-2-3-7-15(14)18(16)20-10-4-1-5-11-20/h1-12,18,21-22H/q+1. The van der Waals surface area contributed by atoms with E-state index < -0.39 is 7.12 Å². The van der Waals surface area contributed by atoms with E-state index in [1.54, 1.807) is 6.07 Å². The van der Waals surface area contributed by atoms with E-state index in [1.165, 1.54) is 11.1 Å². The molecule has 0 bridgehead atoms. The van der Waals surface area contributed by atoms with Gasteiger partial charge in [0.05, 0.1) is 0 Å². The van der Waals surface area contributed by atoms with E-state index in [0.29, 0.717) is 5.46 Å². The number of rotatable bonds is 2. The summed E-state index contributed by atoms with van der Waals surface area (Å²) in [6.45, 7) is 0. The molecule has 0 aliphatic heterocycles. The van der Waals surface area contributed by atoms with Gasteiger partial charge >= 0.3 is 7.12 Å². The number of aromatic nitrogens is 1. The average molecular weight is 288 g/mol. The van der Waals surface area contributed by atoms with Crippen LogP contribution in [0.3, 0.4) is 0 Å². The molecular weight excluding hydrogens is 273 g/mol. The summed E-state index contributed by atoms with van der Waals surface area (Å²) in [5, 5.41) is 18.9. The van der Waals surface area contributed by atoms with E-state index in [1.807, 2.05) is 42.5 Å². The van der Waals surface area contributed by atoms with E-state index in [0.717, 1.165) is 11.1 Å². The molecule has 1 aliphatic carbocycles. The molecule has 1 aromatic heterocycles. The molecule has 0 amide bonds. The highest BCUT2D eigenvalue weighted by molar-refractivity contribution is 6.58. The van der Waals surface area contributed by atoms with Crippen LogP contribution in [0.25, 0.3) is 11.1 Å². The minimum absolute atomic E-state index is 0.122. The first-order valence-corrected chi connectivity index (χ1v) is 7.31. The molecule has 3 aromatic rings. The molecule has 1 aliphatic rings. The van der Waals surface area contributed by atoms with E-state index in [2.05, 4.69) is 29.1 Å². The van der Waals surface area contributed by atoms with Crippen LogP contribution in [0.5, 0.6) is 0 Å². The first-order valence-electron chi connectivity index (χ1n) is 7.31. The number of nitrogens with zero attached hydrogens (tertiary/aromatic N) is 1. The summed E-state index contributed by atoms with van der Waals surface area (Å²) in [7, 11) is -1.44. The molecule has 0 saturated heterocycles. The Morgan fingerprint density at radius 3 is 2.27 bits per heavy atom. The summed E-state index contributed by atoms with van der Waals surface area (Å²) in [6, 6.07) is 20.1. The molecule has 22 heavy (non-hydrogen) atoms. The smallest absolute Gasteiger partial charge is 0.423 e. The molecule has 106 valence electrons. The van der Waals surface area contributed by atoms with Gasteiger partial charge in [-0.25, -0.2) is 0 Å². The second kappa shape index (κ2) is 5.09. The molecule has 3 nitrogen and oxygen atoms in total. The Bertz CT molecular complexity index is 834. The second-order valence-corrected chi connectivity index (χ2v) is 5.53. The molecule has 0 spiro atoms. The van der Waals surface area contributed by atoms with Crippen LogP contribution in [0, 0.1) is 0 Å². The Labute approximate surface area is 129 Å². The summed E-state index contributed by atoms with van der Waals surface area (Å²) in [5.41, 5.74) is 5.16. The van der Waals surface area contributed by atoms with Crippen LogP contribution in [0.2, 0.25) is 0 Å². The first kappa shape index (κ1) is 13.3. The van der Waals surface area contributed by atoms with Crippen molar-refractivity contribution in [2.45, 2.75) is 6.04 Å². The van der Waals surface area contributed by atoms with Crippen LogP contribution in [0.15, 0.2) is 73.1 Å². The molecular formula is C18H15BNO2+. The predicted molar refractivity (Wildman–Crippen MR) is 85.6 cm³/mol. The Balaban J connectivity index is 1.96. The van der Waals surface area contributed by atoms with Gasteiger partial charge in [-0.05, 0) is 16.6 Å². The van der Waals surface area contributed by atoms with Crippen LogP contribution in [0.4, 0.5) is 0 Å². The summed E-state index contributed by atoms with van der Waals surface area (Å²) >= 11 is 0. The molecule has 2 N–H and O–H groups in total. The van der Waals surface area contributed by atoms with E-state index in [9.17, 15) is 10.0 Å². The van der Waals surface area contributed by atoms with E-state index >= 15 is 0 Å². The SMILES string of the molecule is OB(O)c1ccc2c(c1)-c1ccccc1C2[n+]1ccccc1. The van der Waals surface area contributed by atoms with E-state index in [-0.39, 0.29) is 6.04 Å². The number of hydrogen-bond donors (Lipinski definition) is 2. The Kier molecular flexibility index (Phi) is 3.07. The van der Waals surface area contributed by atoms with Gasteiger partial charge in [0, 0.05) is 23.3 Å². The lowest BCUT2D eigenvalue weighted by Crippen LogP contribution is -2.39. The van der Waals surface area contributed by atoms with Gasteiger partial charge in [-0.15, -0.1) is 0 Å². The van der Waals surface area contributed by atoms with Crippen molar-refractivity contribution in [1.82, 2.24) is 0 Å². The van der Waals surface area contributed by atoms with Crippen molar-refractivity contribution in [2.75, 3.05) is 0 Å². The summed E-state index contributed by atoms with van der Waals surface area (Å²) in [5.74, 6) is 0. The fourth-order valence-corrected chi connectivity index (χ4v) is 3.26. The lowest BCUT2D eigenvalue weighted by atomic mass is 9.78. The zero-order valence-corrected chi connectivity index (χ0v) is 11.9. The molecule has 0 fully saturated rings. The van der Waals surface area contributed by atoms with Crippen molar-refractivity contribution < 1.29 is 14.6 Å². The normalized spacial score (nSPS) is 15.3. The van der Waals surface area contributed by atoms with E-state index in [4.69, 9.17) is 0 Å². The molecule has 1 heterocycles. The molecule has 4 rings (SSSR count). The number of benzene rings is 2. The number of pyridine rings is 1. The Morgan fingerprint density at radius 1 is 0.773 bits per heavy atom. The summed E-state index contributed by atoms with van der Waals surface area (Å²) in [6.07, 6.45) is 4.12. The van der Waals surface area contributed by atoms with Crippen LogP contribution in [-0.4, -0.2) is 17.2 Å². The van der Waals surface area contributed by atoms with Gasteiger partial charge < -0.3 is 10.0 Å². The van der Waals surface area contributed by atoms with Crippen LogP contribution in [-0.2, 0) is 0 Å². The van der Waals surface area contributed by atoms with Gasteiger partial charge in [0.25, 0.3) is 0 Å². The third-order valence-electron chi connectivity index (χ3n) is 4.25. The summed E-state index contributed by atoms with van der Waals surface area (Å²) in [4.78, 5) is 0. The lowest BCUT2D eigenvalue weighted by molar-refractivity contribution is -0.704. The highest BCUT2D eigenvalue weighted by atomic mass is 16.4. The highest BCUT2D eigenvalue weighted by Gasteiger charge is 2.35. The molecule has 2 aromatic carbocycles. The fraction of sp³-hybridized carbons (Fsp3) is 0.0556. The van der Waals surface area contributed by atoms with Gasteiger partial charge in [-0.3, -0.25) is 0 Å². The van der Waals surface area contributed by atoms with Crippen molar-refractivity contribution in [2.24, 2.45) is 0 Å². The lowest BCUT2D eigenvalue weighted by Gasteiger charge is -2.09. The molecule has 0 saturated carbocycles. The maximum atomic E-state index is 9.44. The Hall–Kier alpha value is -2.43. The molecule has 1 atom stereocenters. The minimum Gasteiger partial charge on any atom is -0.423 e. The third kappa shape index (κ3) is 1.96. The van der Waals surface area contributed by atoms with Crippen LogP contribution < -0.4 is 10.0 Å². The molecule has 1 unspecified atom stereocenters. The highest BCUT2D eigenvalue weighted by Crippen LogP contribution is 2.42. The van der Waals surface area contributed by atoms with Crippen LogP contribution >= 0.6 is 0 Å². The number of fused-ring (bicyclic) bond motifs is 3. The second-order valence-electron chi connectivity index (χ2n) is 5.53. The van der Waals surface area contributed by atoms with Crippen molar-refractivity contribution >= 4 is 12.6 Å². The first-order chi connectivity index (χ1) is 10.8. The van der Waals surface area contributed by atoms with Gasteiger partial charge in [0.2, 0.25) is 6.04 Å². The Morgan fingerprint density at radius 2 is 1.50 bits per heavy atom. The van der Waals surface area contributed by atoms with Crippen LogP contribution in [0.1, 0.15) is 17.2 Å². The quantitative estimate of drug-likeness (QED) is 0.431. The topological polar surface area (TPSA) is 44.3 Å². The summed E-state index contributed by atoms with van der Waals surface area (Å²) < 4.78 is 2.18. The van der Waals surface area contributed by atoms with Gasteiger partial charge in [0.1, 0.15) is 0 Å². The van der Waals surface area contributed by atoms with Gasteiger partial charge in [-0.2, -0.15) is 4.57 Å². The minimum atomic E-state index is -1.44. The van der Waals surface area contributed by atoms with Crippen molar-refractivity contribution in [1.29, 1.82) is 0 Å². The molecule has 0 radical (unpaired) electrons. The van der Waals surface area contributed by atoms with Gasteiger partial charge in [-0.1, -0.05) is 48.5 Å². The average Bonchev–Trinajstić information content (AvgIpc) is 2.89. The number of hydrogen-bond acceptors (Lipinski definition) is 2. The van der Waals surface area contributed by atoms with Crippen molar-refractivity contribution in [3.05, 3.63) is 84.2 Å². The predicted octanol–water partition coefficient (Wildman–Crippen LogP) is 1.27. The fourth-order valence-electron chi connectivity index (χ4n) is 3.26. The zero-order chi connectivity index (χ0) is 15.1. The van der Waals surface area contributed by atoms with Gasteiger partial charge in [0.15, 0.2) is 12.4 Å².